The van der Waals surface area contributed by atoms with Gasteiger partial charge in [0, 0.05) is 30.1 Å². The number of nitrogens with zero attached hydrogens (tertiary/aromatic N) is 2. The first kappa shape index (κ1) is 14.6. The molecule has 2 atom stereocenters. The molecule has 1 aliphatic heterocycles. The van der Waals surface area contributed by atoms with Crippen molar-refractivity contribution in [3.8, 4) is 5.75 Å². The van der Waals surface area contributed by atoms with E-state index in [2.05, 4.69) is 4.98 Å². The first-order valence-corrected chi connectivity index (χ1v) is 7.79. The highest BCUT2D eigenvalue weighted by Gasteiger charge is 2.41. The monoisotopic (exact) mass is 322 g/mol. The molecule has 0 spiro atoms. The predicted octanol–water partition coefficient (Wildman–Crippen LogP) is 3.26. The van der Waals surface area contributed by atoms with Crippen molar-refractivity contribution in [1.82, 2.24) is 4.98 Å². The quantitative estimate of drug-likeness (QED) is 0.483. The number of aromatic nitrogens is 1. The molecule has 3 rings (SSSR count). The third kappa shape index (κ3) is 3.14. The van der Waals surface area contributed by atoms with Crippen LogP contribution in [0.1, 0.15) is 11.7 Å². The van der Waals surface area contributed by atoms with Crippen molar-refractivity contribution in [1.29, 1.82) is 0 Å². The molecule has 114 valence electrons. The van der Waals surface area contributed by atoms with Crippen LogP contribution in [0.5, 0.6) is 5.75 Å². The van der Waals surface area contributed by atoms with E-state index in [-0.39, 0.29) is 18.0 Å². The lowest BCUT2D eigenvalue weighted by Crippen LogP contribution is -1.99. The van der Waals surface area contributed by atoms with Crippen LogP contribution >= 0.6 is 7.82 Å². The average Bonchev–Trinajstić information content (AvgIpc) is 2.91. The highest BCUT2D eigenvalue weighted by atomic mass is 31.2. The second kappa shape index (κ2) is 5.84. The number of phosphoric acid groups is 1. The summed E-state index contributed by atoms with van der Waals surface area (Å²) in [5.41, 5.74) is 0.639. The number of benzene rings is 1. The van der Waals surface area contributed by atoms with Gasteiger partial charge in [0.2, 0.25) is 0 Å². The molecule has 22 heavy (non-hydrogen) atoms. The Labute approximate surface area is 125 Å². The van der Waals surface area contributed by atoms with Crippen molar-refractivity contribution in [3.05, 3.63) is 64.5 Å². The van der Waals surface area contributed by atoms with Crippen LogP contribution in [0.15, 0.2) is 48.8 Å². The highest BCUT2D eigenvalue weighted by Crippen LogP contribution is 2.58. The first-order valence-electron chi connectivity index (χ1n) is 6.33. The lowest BCUT2D eigenvalue weighted by Gasteiger charge is -2.12. The van der Waals surface area contributed by atoms with Crippen LogP contribution in [0.2, 0.25) is 0 Å². The molecule has 9 heteroatoms. The summed E-state index contributed by atoms with van der Waals surface area (Å²) in [5.74, 6) is 0.167. The molecule has 1 saturated heterocycles. The van der Waals surface area contributed by atoms with E-state index in [1.807, 2.05) is 0 Å². The minimum absolute atomic E-state index is 0.0793. The average molecular weight is 322 g/mol. The minimum Gasteiger partial charge on any atom is -0.404 e. The molecule has 2 unspecified atom stereocenters. The summed E-state index contributed by atoms with van der Waals surface area (Å²) in [6.45, 7) is 0.0793. The maximum atomic E-state index is 12.4. The van der Waals surface area contributed by atoms with Crippen molar-refractivity contribution in [2.75, 3.05) is 6.61 Å². The van der Waals surface area contributed by atoms with E-state index >= 15 is 0 Å². The van der Waals surface area contributed by atoms with Crippen LogP contribution in [0.25, 0.3) is 0 Å². The number of nitro groups is 1. The van der Waals surface area contributed by atoms with Crippen molar-refractivity contribution in [3.63, 3.8) is 0 Å². The molecule has 1 aromatic heterocycles. The lowest BCUT2D eigenvalue weighted by molar-refractivity contribution is -0.384. The summed E-state index contributed by atoms with van der Waals surface area (Å²) in [6, 6.07) is 8.68. The van der Waals surface area contributed by atoms with Gasteiger partial charge in [0.1, 0.15) is 11.9 Å². The molecule has 1 aliphatic rings. The van der Waals surface area contributed by atoms with E-state index in [0.29, 0.717) is 0 Å². The van der Waals surface area contributed by atoms with Gasteiger partial charge in [0.05, 0.1) is 11.5 Å². The largest absolute Gasteiger partial charge is 0.530 e. The molecule has 0 bridgehead atoms. The fourth-order valence-corrected chi connectivity index (χ4v) is 3.25. The number of phosphoric ester groups is 1. The molecule has 0 N–H and O–H groups in total. The molecule has 0 saturated carbocycles. The topological polar surface area (TPSA) is 101 Å². The van der Waals surface area contributed by atoms with Gasteiger partial charge in [-0.05, 0) is 18.2 Å². The normalized spacial score (nSPS) is 24.1. The summed E-state index contributed by atoms with van der Waals surface area (Å²) in [7, 11) is -3.75. The number of nitro benzene ring substituents is 1. The fraction of sp³-hybridized carbons (Fsp3) is 0.154. The fourth-order valence-electron chi connectivity index (χ4n) is 1.90. The molecule has 1 fully saturated rings. The Bertz CT molecular complexity index is 721. The Kier molecular flexibility index (Phi) is 3.89. The Hall–Kier alpha value is -2.28. The maximum Gasteiger partial charge on any atom is 0.530 e. The molecule has 2 aromatic rings. The number of rotatable bonds is 4. The van der Waals surface area contributed by atoms with Gasteiger partial charge in [-0.2, -0.15) is 0 Å². The van der Waals surface area contributed by atoms with Crippen LogP contribution < -0.4 is 4.52 Å². The molecule has 0 aliphatic carbocycles. The minimum atomic E-state index is -3.75. The molecule has 2 heterocycles. The van der Waals surface area contributed by atoms with Gasteiger partial charge in [-0.1, -0.05) is 6.07 Å². The zero-order valence-corrected chi connectivity index (χ0v) is 12.1. The smallest absolute Gasteiger partial charge is 0.404 e. The van der Waals surface area contributed by atoms with E-state index in [1.54, 1.807) is 24.5 Å². The summed E-state index contributed by atoms with van der Waals surface area (Å²) in [4.78, 5) is 14.0. The van der Waals surface area contributed by atoms with Crippen molar-refractivity contribution in [2.24, 2.45) is 0 Å². The molecule has 0 amide bonds. The van der Waals surface area contributed by atoms with Gasteiger partial charge in [0.15, 0.2) is 0 Å². The van der Waals surface area contributed by atoms with Gasteiger partial charge in [-0.25, -0.2) is 4.57 Å². The van der Waals surface area contributed by atoms with E-state index < -0.39 is 18.8 Å². The van der Waals surface area contributed by atoms with Crippen LogP contribution in [-0.2, 0) is 13.6 Å². The Morgan fingerprint density at radius 1 is 1.32 bits per heavy atom. The van der Waals surface area contributed by atoms with Gasteiger partial charge >= 0.3 is 7.82 Å². The molecule has 8 nitrogen and oxygen atoms in total. The summed E-state index contributed by atoms with van der Waals surface area (Å²) < 4.78 is 28.1. The zero-order valence-electron chi connectivity index (χ0n) is 11.2. The van der Waals surface area contributed by atoms with Gasteiger partial charge in [0.25, 0.3) is 5.69 Å². The van der Waals surface area contributed by atoms with Crippen molar-refractivity contribution in [2.45, 2.75) is 6.10 Å². The predicted molar refractivity (Wildman–Crippen MR) is 75.3 cm³/mol. The third-order valence-electron chi connectivity index (χ3n) is 2.96. The SMILES string of the molecule is O=[N+]([O-])c1ccc(OP2(=O)OCC(c3cccnc3)O2)cc1. The lowest BCUT2D eigenvalue weighted by atomic mass is 10.2. The van der Waals surface area contributed by atoms with Crippen LogP contribution in [0.4, 0.5) is 5.69 Å². The molecular formula is C13H11N2O6P. The number of hydrogen-bond donors (Lipinski definition) is 0. The maximum absolute atomic E-state index is 12.4. The molecule has 1 aromatic carbocycles. The Morgan fingerprint density at radius 3 is 2.73 bits per heavy atom. The van der Waals surface area contributed by atoms with E-state index in [9.17, 15) is 14.7 Å². The number of non-ortho nitro benzene ring substituents is 1. The van der Waals surface area contributed by atoms with E-state index in [1.165, 1.54) is 24.3 Å². The number of hydrogen-bond acceptors (Lipinski definition) is 7. The molecule has 0 radical (unpaired) electrons. The highest BCUT2D eigenvalue weighted by molar-refractivity contribution is 7.49. The van der Waals surface area contributed by atoms with E-state index in [0.717, 1.165) is 5.56 Å². The van der Waals surface area contributed by atoms with Crippen molar-refractivity contribution < 1.29 is 23.1 Å². The van der Waals surface area contributed by atoms with Crippen LogP contribution in [0, 0.1) is 10.1 Å². The van der Waals surface area contributed by atoms with Gasteiger partial charge in [-0.3, -0.25) is 24.1 Å². The Morgan fingerprint density at radius 2 is 2.09 bits per heavy atom. The third-order valence-corrected chi connectivity index (χ3v) is 4.37. The second-order valence-electron chi connectivity index (χ2n) is 4.47. The summed E-state index contributed by atoms with van der Waals surface area (Å²) >= 11 is 0. The van der Waals surface area contributed by atoms with E-state index in [4.69, 9.17) is 13.6 Å². The van der Waals surface area contributed by atoms with Crippen LogP contribution in [0.3, 0.4) is 0 Å². The first-order chi connectivity index (χ1) is 10.6. The van der Waals surface area contributed by atoms with Crippen LogP contribution in [-0.4, -0.2) is 16.5 Å². The van der Waals surface area contributed by atoms with Gasteiger partial charge < -0.3 is 4.52 Å². The standard InChI is InChI=1S/C13H11N2O6P/c16-15(17)11-3-5-12(6-4-11)20-22(18)19-9-13(21-22)10-2-1-7-14-8-10/h1-8,13H,9H2. The molecular weight excluding hydrogens is 311 g/mol. The number of pyridine rings is 1. The van der Waals surface area contributed by atoms with Gasteiger partial charge in [-0.15, -0.1) is 0 Å². The second-order valence-corrected chi connectivity index (χ2v) is 6.01. The zero-order chi connectivity index (χ0) is 15.6. The Balaban J connectivity index is 1.70. The summed E-state index contributed by atoms with van der Waals surface area (Å²) in [5, 5.41) is 10.6. The summed E-state index contributed by atoms with van der Waals surface area (Å²) in [6.07, 6.45) is 2.68. The van der Waals surface area contributed by atoms with Crippen molar-refractivity contribution >= 4 is 13.5 Å².